The van der Waals surface area contributed by atoms with Crippen LogP contribution >= 0.6 is 24.0 Å². The van der Waals surface area contributed by atoms with Crippen molar-refractivity contribution in [3.8, 4) is 0 Å². The number of guanidine groups is 1. The van der Waals surface area contributed by atoms with E-state index in [1.54, 1.807) is 7.05 Å². The molecule has 0 aromatic carbocycles. The molecule has 0 bridgehead atoms. The van der Waals surface area contributed by atoms with Crippen molar-refractivity contribution in [3.63, 3.8) is 0 Å². The molecule has 170 valence electrons. The lowest BCUT2D eigenvalue weighted by atomic mass is 9.88. The average molecular weight is 544 g/mol. The number of rotatable bonds is 8. The Morgan fingerprint density at radius 2 is 1.90 bits per heavy atom. The van der Waals surface area contributed by atoms with Gasteiger partial charge in [0.15, 0.2) is 5.96 Å². The van der Waals surface area contributed by atoms with E-state index in [1.165, 1.54) is 29.8 Å². The minimum Gasteiger partial charge on any atom is -0.356 e. The predicted octanol–water partition coefficient (Wildman–Crippen LogP) is 1.62. The number of sulfonamides is 1. The van der Waals surface area contributed by atoms with Gasteiger partial charge in [0.05, 0.1) is 6.26 Å². The summed E-state index contributed by atoms with van der Waals surface area (Å²) in [5.41, 5.74) is 0. The van der Waals surface area contributed by atoms with Gasteiger partial charge in [0.25, 0.3) is 0 Å². The van der Waals surface area contributed by atoms with Crippen LogP contribution in [0.2, 0.25) is 0 Å². The monoisotopic (exact) mass is 543 g/mol. The minimum atomic E-state index is -3.14. The Bertz CT molecular complexity index is 638. The lowest BCUT2D eigenvalue weighted by Gasteiger charge is -2.26. The third-order valence-electron chi connectivity index (χ3n) is 5.72. The van der Waals surface area contributed by atoms with Crippen LogP contribution in [0.15, 0.2) is 4.99 Å². The number of amides is 1. The number of hydrogen-bond donors (Lipinski definition) is 2. The third kappa shape index (κ3) is 8.56. The van der Waals surface area contributed by atoms with Crippen LogP contribution in [0.4, 0.5) is 0 Å². The van der Waals surface area contributed by atoms with Crippen LogP contribution in [-0.2, 0) is 14.8 Å². The number of carbonyl (C=O) groups excluding carboxylic acids is 1. The predicted molar refractivity (Wildman–Crippen MR) is 128 cm³/mol. The lowest BCUT2D eigenvalue weighted by Crippen LogP contribution is -2.46. The molecule has 1 aliphatic carbocycles. The molecule has 1 heterocycles. The van der Waals surface area contributed by atoms with E-state index in [-0.39, 0.29) is 35.9 Å². The standard InChI is InChI=1S/C19H37N5O3S.HI/c1-4-24(28(3,26)27)13-8-12-21-19(20-2)22-17-11-14-23(15-17)18(25)16-9-6-5-7-10-16;/h16-17H,4-15H2,1-3H3,(H2,20,21,22);1H. The van der Waals surface area contributed by atoms with Crippen molar-refractivity contribution < 1.29 is 13.2 Å². The molecule has 1 atom stereocenters. The van der Waals surface area contributed by atoms with E-state index in [0.29, 0.717) is 37.9 Å². The molecule has 29 heavy (non-hydrogen) atoms. The zero-order valence-corrected chi connectivity index (χ0v) is 21.2. The molecule has 0 spiro atoms. The van der Waals surface area contributed by atoms with Crippen LogP contribution in [0.1, 0.15) is 51.9 Å². The second kappa shape index (κ2) is 12.9. The van der Waals surface area contributed by atoms with Gasteiger partial charge in [0.1, 0.15) is 0 Å². The number of nitrogens with zero attached hydrogens (tertiary/aromatic N) is 3. The number of nitrogens with one attached hydrogen (secondary N) is 2. The number of halogens is 1. The SMILES string of the molecule is CCN(CCCNC(=NC)NC1CCN(C(=O)C2CCCCC2)C1)S(C)(=O)=O.I. The van der Waals surface area contributed by atoms with Crippen LogP contribution in [-0.4, -0.2) is 81.6 Å². The molecule has 1 saturated heterocycles. The zero-order chi connectivity index (χ0) is 20.6. The van der Waals surface area contributed by atoms with Gasteiger partial charge in [0.2, 0.25) is 15.9 Å². The molecule has 0 radical (unpaired) electrons. The molecule has 1 unspecified atom stereocenters. The van der Waals surface area contributed by atoms with E-state index in [9.17, 15) is 13.2 Å². The van der Waals surface area contributed by atoms with Gasteiger partial charge in [-0.15, -0.1) is 24.0 Å². The van der Waals surface area contributed by atoms with Gasteiger partial charge in [0, 0.05) is 51.7 Å². The van der Waals surface area contributed by atoms with Crippen molar-refractivity contribution in [1.82, 2.24) is 19.8 Å². The molecule has 2 aliphatic rings. The summed E-state index contributed by atoms with van der Waals surface area (Å²) in [6.07, 6.45) is 8.57. The van der Waals surface area contributed by atoms with E-state index in [4.69, 9.17) is 0 Å². The summed E-state index contributed by atoms with van der Waals surface area (Å²) in [7, 11) is -1.42. The fourth-order valence-corrected chi connectivity index (χ4v) is 5.02. The van der Waals surface area contributed by atoms with Crippen molar-refractivity contribution in [2.24, 2.45) is 10.9 Å². The van der Waals surface area contributed by atoms with Crippen LogP contribution < -0.4 is 10.6 Å². The van der Waals surface area contributed by atoms with Crippen molar-refractivity contribution in [3.05, 3.63) is 0 Å². The molecule has 1 saturated carbocycles. The molecule has 2 rings (SSSR count). The number of hydrogen-bond acceptors (Lipinski definition) is 4. The Labute approximate surface area is 193 Å². The quantitative estimate of drug-likeness (QED) is 0.210. The maximum atomic E-state index is 12.7. The summed E-state index contributed by atoms with van der Waals surface area (Å²) in [4.78, 5) is 18.9. The van der Waals surface area contributed by atoms with Gasteiger partial charge in [-0.25, -0.2) is 12.7 Å². The van der Waals surface area contributed by atoms with Crippen LogP contribution in [0.3, 0.4) is 0 Å². The van der Waals surface area contributed by atoms with Crippen LogP contribution in [0.5, 0.6) is 0 Å². The van der Waals surface area contributed by atoms with E-state index in [0.717, 1.165) is 32.4 Å². The average Bonchev–Trinajstić information content (AvgIpc) is 3.14. The van der Waals surface area contributed by atoms with Crippen molar-refractivity contribution in [2.75, 3.05) is 46.0 Å². The molecule has 0 aromatic rings. The van der Waals surface area contributed by atoms with Gasteiger partial charge in [-0.3, -0.25) is 9.79 Å². The normalized spacial score (nSPS) is 21.2. The molecule has 8 nitrogen and oxygen atoms in total. The lowest BCUT2D eigenvalue weighted by molar-refractivity contribution is -0.135. The highest BCUT2D eigenvalue weighted by Crippen LogP contribution is 2.26. The van der Waals surface area contributed by atoms with E-state index < -0.39 is 10.0 Å². The molecule has 2 N–H and O–H groups in total. The summed E-state index contributed by atoms with van der Waals surface area (Å²) in [6.45, 7) is 5.00. The van der Waals surface area contributed by atoms with E-state index in [2.05, 4.69) is 15.6 Å². The molecule has 0 aromatic heterocycles. The van der Waals surface area contributed by atoms with E-state index in [1.807, 2.05) is 11.8 Å². The first kappa shape index (κ1) is 26.4. The third-order valence-corrected chi connectivity index (χ3v) is 7.10. The van der Waals surface area contributed by atoms with Crippen LogP contribution in [0, 0.1) is 5.92 Å². The molecular weight excluding hydrogens is 505 g/mol. The molecular formula is C19H38IN5O3S. The number of aliphatic imine (C=N–C) groups is 1. The number of likely N-dealkylation sites (tertiary alicyclic amines) is 1. The maximum Gasteiger partial charge on any atom is 0.225 e. The first-order valence-electron chi connectivity index (χ1n) is 10.6. The van der Waals surface area contributed by atoms with Crippen molar-refractivity contribution in [1.29, 1.82) is 0 Å². The van der Waals surface area contributed by atoms with Gasteiger partial charge >= 0.3 is 0 Å². The Balaban J connectivity index is 0.00000420. The molecule has 2 fully saturated rings. The Morgan fingerprint density at radius 1 is 1.21 bits per heavy atom. The summed E-state index contributed by atoms with van der Waals surface area (Å²) in [5.74, 6) is 1.26. The largest absolute Gasteiger partial charge is 0.356 e. The first-order chi connectivity index (χ1) is 13.3. The second-order valence-corrected chi connectivity index (χ2v) is 9.84. The highest BCUT2D eigenvalue weighted by atomic mass is 127. The zero-order valence-electron chi connectivity index (χ0n) is 18.0. The van der Waals surface area contributed by atoms with Gasteiger partial charge in [-0.05, 0) is 25.7 Å². The maximum absolute atomic E-state index is 12.7. The van der Waals surface area contributed by atoms with Gasteiger partial charge < -0.3 is 15.5 Å². The van der Waals surface area contributed by atoms with Crippen LogP contribution in [0.25, 0.3) is 0 Å². The summed E-state index contributed by atoms with van der Waals surface area (Å²) >= 11 is 0. The fraction of sp³-hybridized carbons (Fsp3) is 0.895. The van der Waals surface area contributed by atoms with Crippen molar-refractivity contribution in [2.45, 2.75) is 57.9 Å². The van der Waals surface area contributed by atoms with Gasteiger partial charge in [-0.2, -0.15) is 0 Å². The Morgan fingerprint density at radius 3 is 2.48 bits per heavy atom. The summed E-state index contributed by atoms with van der Waals surface area (Å²) < 4.78 is 24.7. The topological polar surface area (TPSA) is 94.1 Å². The molecule has 1 amide bonds. The Kier molecular flexibility index (Phi) is 11.8. The number of carbonyl (C=O) groups is 1. The summed E-state index contributed by atoms with van der Waals surface area (Å²) in [5, 5.41) is 6.65. The minimum absolute atomic E-state index is 0. The Hall–Kier alpha value is -0.620. The first-order valence-corrected chi connectivity index (χ1v) is 12.4. The van der Waals surface area contributed by atoms with Gasteiger partial charge in [-0.1, -0.05) is 26.2 Å². The van der Waals surface area contributed by atoms with E-state index >= 15 is 0 Å². The second-order valence-electron chi connectivity index (χ2n) is 7.86. The summed E-state index contributed by atoms with van der Waals surface area (Å²) in [6, 6.07) is 0.210. The fourth-order valence-electron chi connectivity index (χ4n) is 4.09. The molecule has 1 aliphatic heterocycles. The van der Waals surface area contributed by atoms with Crippen molar-refractivity contribution >= 4 is 45.9 Å². The highest BCUT2D eigenvalue weighted by Gasteiger charge is 2.31. The molecule has 10 heteroatoms. The smallest absolute Gasteiger partial charge is 0.225 e. The highest BCUT2D eigenvalue weighted by molar-refractivity contribution is 14.0.